The number of benzene rings is 3. The second kappa shape index (κ2) is 9.68. The molecule has 0 saturated carbocycles. The van der Waals surface area contributed by atoms with Crippen LogP contribution in [-0.4, -0.2) is 23.4 Å². The fourth-order valence-electron chi connectivity index (χ4n) is 4.41. The van der Waals surface area contributed by atoms with Crippen molar-refractivity contribution in [2.75, 3.05) is 12.9 Å². The van der Waals surface area contributed by atoms with Crippen LogP contribution in [-0.2, 0) is 9.53 Å². The van der Waals surface area contributed by atoms with Crippen molar-refractivity contribution in [3.05, 3.63) is 109 Å². The first-order valence-electron chi connectivity index (χ1n) is 11.3. The average Bonchev–Trinajstić information content (AvgIpc) is 3.18. The largest absolute Gasteiger partial charge is 0.463 e. The minimum atomic E-state index is -0.601. The van der Waals surface area contributed by atoms with Gasteiger partial charge in [-0.15, -0.1) is 11.8 Å². The van der Waals surface area contributed by atoms with Gasteiger partial charge < -0.3 is 4.74 Å². The minimum absolute atomic E-state index is 0.171. The lowest BCUT2D eigenvalue weighted by Crippen LogP contribution is -2.39. The fourth-order valence-corrected chi connectivity index (χ4v) is 5.86. The molecular formula is C28H24N2O3S2. The number of hydrogen-bond donors (Lipinski definition) is 0. The van der Waals surface area contributed by atoms with Crippen LogP contribution >= 0.6 is 23.1 Å². The summed E-state index contributed by atoms with van der Waals surface area (Å²) >= 11 is 2.98. The maximum atomic E-state index is 13.8. The highest BCUT2D eigenvalue weighted by molar-refractivity contribution is 7.98. The van der Waals surface area contributed by atoms with Gasteiger partial charge in [-0.05, 0) is 60.2 Å². The van der Waals surface area contributed by atoms with Gasteiger partial charge in [0.1, 0.15) is 0 Å². The number of thiazole rings is 1. The van der Waals surface area contributed by atoms with Crippen LogP contribution in [0.15, 0.2) is 92.7 Å². The van der Waals surface area contributed by atoms with E-state index in [1.165, 1.54) is 11.3 Å². The van der Waals surface area contributed by atoms with Crippen LogP contribution in [0.2, 0.25) is 0 Å². The van der Waals surface area contributed by atoms with E-state index >= 15 is 0 Å². The normalized spacial score (nSPS) is 15.7. The van der Waals surface area contributed by atoms with Gasteiger partial charge in [0.2, 0.25) is 0 Å². The highest BCUT2D eigenvalue weighted by Gasteiger charge is 2.33. The third-order valence-corrected chi connectivity index (χ3v) is 7.79. The lowest BCUT2D eigenvalue weighted by molar-refractivity contribution is -0.139. The number of nitrogens with zero attached hydrogens (tertiary/aromatic N) is 2. The van der Waals surface area contributed by atoms with Gasteiger partial charge in [-0.3, -0.25) is 9.36 Å². The molecule has 0 fully saturated rings. The molecule has 35 heavy (non-hydrogen) atoms. The first-order valence-corrected chi connectivity index (χ1v) is 13.4. The monoisotopic (exact) mass is 500 g/mol. The lowest BCUT2D eigenvalue weighted by atomic mass is 9.96. The molecular weight excluding hydrogens is 476 g/mol. The number of rotatable bonds is 5. The summed E-state index contributed by atoms with van der Waals surface area (Å²) in [6.45, 7) is 3.83. The smallest absolute Gasteiger partial charge is 0.338 e. The molecule has 0 spiro atoms. The number of hydrogen-bond acceptors (Lipinski definition) is 6. The number of allylic oxidation sites excluding steroid dienone is 1. The zero-order chi connectivity index (χ0) is 24.5. The third kappa shape index (κ3) is 4.26. The predicted molar refractivity (Wildman–Crippen MR) is 143 cm³/mol. The van der Waals surface area contributed by atoms with Crippen LogP contribution in [0.5, 0.6) is 0 Å². The van der Waals surface area contributed by atoms with Crippen molar-refractivity contribution < 1.29 is 9.53 Å². The molecule has 1 aliphatic rings. The fraction of sp³-hybridized carbons (Fsp3) is 0.179. The highest BCUT2D eigenvalue weighted by Crippen LogP contribution is 2.31. The van der Waals surface area contributed by atoms with Crippen molar-refractivity contribution in [2.24, 2.45) is 4.99 Å². The van der Waals surface area contributed by atoms with Crippen LogP contribution in [0.3, 0.4) is 0 Å². The van der Waals surface area contributed by atoms with E-state index in [1.54, 1.807) is 30.2 Å². The maximum absolute atomic E-state index is 13.8. The number of carbonyl (C=O) groups excluding carboxylic acids is 1. The molecule has 0 unspecified atom stereocenters. The van der Waals surface area contributed by atoms with Gasteiger partial charge in [0.05, 0.1) is 28.5 Å². The molecule has 1 aromatic heterocycles. The van der Waals surface area contributed by atoms with Gasteiger partial charge in [0, 0.05) is 4.90 Å². The van der Waals surface area contributed by atoms with E-state index in [0.717, 1.165) is 26.8 Å². The molecule has 1 aliphatic heterocycles. The Labute approximate surface area is 211 Å². The number of fused-ring (bicyclic) bond motifs is 2. The molecule has 0 bridgehead atoms. The standard InChI is InChI=1S/C28H24N2O3S2/c1-4-33-27(32)24-17(2)29-28-30(25(24)19-12-14-21(34-3)15-13-19)26(31)23(35-28)16-20-10-7-9-18-8-5-6-11-22(18)20/h5-16,25H,4H2,1-3H3/b23-16-/t25-/m1/s1. The molecule has 0 radical (unpaired) electrons. The van der Waals surface area contributed by atoms with Gasteiger partial charge in [-0.1, -0.05) is 65.9 Å². The molecule has 4 aromatic rings. The zero-order valence-electron chi connectivity index (χ0n) is 19.6. The molecule has 0 aliphatic carbocycles. The molecule has 0 amide bonds. The molecule has 2 heterocycles. The van der Waals surface area contributed by atoms with Crippen molar-refractivity contribution in [3.8, 4) is 0 Å². The van der Waals surface area contributed by atoms with Crippen LogP contribution in [0, 0.1) is 0 Å². The first-order chi connectivity index (χ1) is 17.0. The van der Waals surface area contributed by atoms with Crippen LogP contribution in [0.25, 0.3) is 16.8 Å². The first kappa shape index (κ1) is 23.3. The van der Waals surface area contributed by atoms with Crippen LogP contribution < -0.4 is 14.9 Å². The van der Waals surface area contributed by atoms with E-state index in [1.807, 2.05) is 60.9 Å². The molecule has 5 rings (SSSR count). The predicted octanol–water partition coefficient (Wildman–Crippen LogP) is 4.67. The Kier molecular flexibility index (Phi) is 6.45. The molecule has 5 nitrogen and oxygen atoms in total. The number of ether oxygens (including phenoxy) is 1. The number of carbonyl (C=O) groups is 1. The van der Waals surface area contributed by atoms with Gasteiger partial charge in [-0.2, -0.15) is 0 Å². The Morgan fingerprint density at radius 3 is 2.60 bits per heavy atom. The van der Waals surface area contributed by atoms with Crippen LogP contribution in [0.4, 0.5) is 0 Å². The summed E-state index contributed by atoms with van der Waals surface area (Å²) in [4.78, 5) is 33.2. The van der Waals surface area contributed by atoms with E-state index in [4.69, 9.17) is 4.74 Å². The summed E-state index contributed by atoms with van der Waals surface area (Å²) in [5, 5.41) is 2.19. The summed E-state index contributed by atoms with van der Waals surface area (Å²) in [7, 11) is 0. The Morgan fingerprint density at radius 2 is 1.86 bits per heavy atom. The second-order valence-electron chi connectivity index (χ2n) is 8.14. The topological polar surface area (TPSA) is 60.7 Å². The van der Waals surface area contributed by atoms with Crippen molar-refractivity contribution in [2.45, 2.75) is 24.8 Å². The number of thioether (sulfide) groups is 1. The van der Waals surface area contributed by atoms with Crippen molar-refractivity contribution in [3.63, 3.8) is 0 Å². The summed E-state index contributed by atoms with van der Waals surface area (Å²) in [6.07, 6.45) is 3.93. The second-order valence-corrected chi connectivity index (χ2v) is 10.0. The molecule has 3 aromatic carbocycles. The van der Waals surface area contributed by atoms with Crippen molar-refractivity contribution in [1.29, 1.82) is 0 Å². The maximum Gasteiger partial charge on any atom is 0.338 e. The van der Waals surface area contributed by atoms with Crippen LogP contribution in [0.1, 0.15) is 31.0 Å². The SMILES string of the molecule is CCOC(=O)C1=C(C)N=c2s/c(=C\c3cccc4ccccc34)c(=O)n2[C@@H]1c1ccc(SC)cc1. The Hall–Kier alpha value is -3.42. The van der Waals surface area contributed by atoms with E-state index in [0.29, 0.717) is 20.6 Å². The van der Waals surface area contributed by atoms with Gasteiger partial charge in [0.15, 0.2) is 4.80 Å². The lowest BCUT2D eigenvalue weighted by Gasteiger charge is -2.24. The molecule has 0 N–H and O–H groups in total. The van der Waals surface area contributed by atoms with Gasteiger partial charge >= 0.3 is 5.97 Å². The summed E-state index contributed by atoms with van der Waals surface area (Å²) in [5.41, 5.74) is 2.61. The van der Waals surface area contributed by atoms with Gasteiger partial charge in [0.25, 0.3) is 5.56 Å². The van der Waals surface area contributed by atoms with Crippen molar-refractivity contribution in [1.82, 2.24) is 4.57 Å². The summed E-state index contributed by atoms with van der Waals surface area (Å²) in [6, 6.07) is 21.5. The minimum Gasteiger partial charge on any atom is -0.463 e. The summed E-state index contributed by atoms with van der Waals surface area (Å²) < 4.78 is 7.58. The highest BCUT2D eigenvalue weighted by atomic mass is 32.2. The zero-order valence-corrected chi connectivity index (χ0v) is 21.3. The molecule has 7 heteroatoms. The Bertz CT molecular complexity index is 1640. The van der Waals surface area contributed by atoms with Crippen molar-refractivity contribution >= 4 is 45.9 Å². The third-order valence-electron chi connectivity index (χ3n) is 6.06. The van der Waals surface area contributed by atoms with E-state index in [2.05, 4.69) is 23.2 Å². The molecule has 176 valence electrons. The van der Waals surface area contributed by atoms with E-state index in [9.17, 15) is 9.59 Å². The summed E-state index contributed by atoms with van der Waals surface area (Å²) in [5.74, 6) is -0.448. The quantitative estimate of drug-likeness (QED) is 0.295. The number of aromatic nitrogens is 1. The molecule has 1 atom stereocenters. The average molecular weight is 501 g/mol. The Balaban J connectivity index is 1.74. The number of esters is 1. The van der Waals surface area contributed by atoms with Gasteiger partial charge in [-0.25, -0.2) is 9.79 Å². The van der Waals surface area contributed by atoms with E-state index < -0.39 is 12.0 Å². The Morgan fingerprint density at radius 1 is 1.11 bits per heavy atom. The van der Waals surface area contributed by atoms with E-state index in [-0.39, 0.29) is 12.2 Å². The molecule has 0 saturated heterocycles.